The summed E-state index contributed by atoms with van der Waals surface area (Å²) in [6.07, 6.45) is 13.3. The summed E-state index contributed by atoms with van der Waals surface area (Å²) in [6, 6.07) is 13.9. The van der Waals surface area contributed by atoms with E-state index in [1.165, 1.54) is 34.4 Å². The van der Waals surface area contributed by atoms with Gasteiger partial charge in [-0.2, -0.15) is 0 Å². The largest absolute Gasteiger partial charge is 0.252 e. The molecule has 0 N–H and O–H groups in total. The van der Waals surface area contributed by atoms with Crippen molar-refractivity contribution in [3.8, 4) is 0 Å². The minimum Gasteiger partial charge on any atom is -0.252 e. The molecule has 0 heterocycles. The predicted octanol–water partition coefficient (Wildman–Crippen LogP) is 9.94. The molecule has 0 spiro atoms. The molecule has 2 nitrogen and oxygen atoms in total. The predicted molar refractivity (Wildman–Crippen MR) is 153 cm³/mol. The van der Waals surface area contributed by atoms with Crippen LogP contribution in [-0.2, 0) is 25.7 Å². The smallest absolute Gasteiger partial charge is 0.0639 e. The lowest BCUT2D eigenvalue weighted by Gasteiger charge is -2.12. The normalized spacial score (nSPS) is 12.4. The Balaban J connectivity index is 2.54. The number of benzene rings is 2. The maximum Gasteiger partial charge on any atom is 0.0639 e. The molecule has 0 atom stereocenters. The van der Waals surface area contributed by atoms with Crippen molar-refractivity contribution < 1.29 is 0 Å². The lowest BCUT2D eigenvalue weighted by atomic mass is 10.0. The van der Waals surface area contributed by atoms with Gasteiger partial charge in [0.25, 0.3) is 0 Å². The van der Waals surface area contributed by atoms with Crippen molar-refractivity contribution in [3.05, 3.63) is 58.7 Å². The van der Waals surface area contributed by atoms with Crippen molar-refractivity contribution in [2.24, 2.45) is 9.98 Å². The van der Waals surface area contributed by atoms with Gasteiger partial charge in [0.2, 0.25) is 0 Å². The quantitative estimate of drug-likeness (QED) is 0.236. The highest BCUT2D eigenvalue weighted by atomic mass is 14.8. The van der Waals surface area contributed by atoms with Gasteiger partial charge in [-0.25, -0.2) is 0 Å². The zero-order valence-corrected chi connectivity index (χ0v) is 22.8. The average molecular weight is 461 g/mol. The first-order valence-corrected chi connectivity index (χ1v) is 14.0. The van der Waals surface area contributed by atoms with Gasteiger partial charge < -0.3 is 0 Å². The van der Waals surface area contributed by atoms with Crippen LogP contribution in [0.2, 0.25) is 0 Å². The molecular formula is C32H48N2. The minimum atomic E-state index is 0.903. The second kappa shape index (κ2) is 15.6. The van der Waals surface area contributed by atoms with Crippen LogP contribution in [0.4, 0.5) is 11.4 Å². The maximum absolute atomic E-state index is 5.25. The molecule has 0 aromatic heterocycles. The molecule has 0 radical (unpaired) electrons. The summed E-state index contributed by atoms with van der Waals surface area (Å²) < 4.78 is 0. The molecule has 2 heteroatoms. The highest BCUT2D eigenvalue weighted by molar-refractivity contribution is 6.43. The molecule has 2 rings (SSSR count). The highest BCUT2D eigenvalue weighted by Gasteiger charge is 2.10. The van der Waals surface area contributed by atoms with Crippen LogP contribution >= 0.6 is 0 Å². The van der Waals surface area contributed by atoms with Crippen molar-refractivity contribution in [1.29, 1.82) is 0 Å². The van der Waals surface area contributed by atoms with E-state index in [0.717, 1.165) is 87.7 Å². The van der Waals surface area contributed by atoms with Gasteiger partial charge in [0.1, 0.15) is 0 Å². The van der Waals surface area contributed by atoms with E-state index in [1.54, 1.807) is 0 Å². The molecule has 0 aliphatic carbocycles. The third kappa shape index (κ3) is 9.20. The third-order valence-corrected chi connectivity index (χ3v) is 6.19. The van der Waals surface area contributed by atoms with Gasteiger partial charge in [-0.1, -0.05) is 85.8 Å². The van der Waals surface area contributed by atoms with Crippen LogP contribution in [-0.4, -0.2) is 11.4 Å². The van der Waals surface area contributed by atoms with Crippen LogP contribution < -0.4 is 0 Å². The molecule has 186 valence electrons. The van der Waals surface area contributed by atoms with Gasteiger partial charge >= 0.3 is 0 Å². The standard InChI is InChI=1S/C32H48N2/c1-7-13-18-32(34-30-23-27(16-10-4)20-28(24-30)17-11-5)31(12-6)33-29-21-25(14-8-2)19-26(22-29)15-9-3/h19-24H,7-18H2,1-6H3. The Morgan fingerprint density at radius 1 is 0.500 bits per heavy atom. The summed E-state index contributed by atoms with van der Waals surface area (Å²) in [4.78, 5) is 10.5. The van der Waals surface area contributed by atoms with Crippen LogP contribution in [0.1, 0.15) is 115 Å². The van der Waals surface area contributed by atoms with Gasteiger partial charge in [0, 0.05) is 0 Å². The number of aryl methyl sites for hydroxylation is 4. The third-order valence-electron chi connectivity index (χ3n) is 6.19. The summed E-state index contributed by atoms with van der Waals surface area (Å²) >= 11 is 0. The first-order chi connectivity index (χ1) is 16.6. The van der Waals surface area contributed by atoms with E-state index in [-0.39, 0.29) is 0 Å². The Morgan fingerprint density at radius 2 is 0.882 bits per heavy atom. The monoisotopic (exact) mass is 460 g/mol. The molecule has 0 unspecified atom stereocenters. The summed E-state index contributed by atoms with van der Waals surface area (Å²) in [5.41, 5.74) is 10.1. The van der Waals surface area contributed by atoms with Crippen molar-refractivity contribution >= 4 is 22.8 Å². The minimum absolute atomic E-state index is 0.903. The Kier molecular flexibility index (Phi) is 12.9. The number of hydrogen-bond donors (Lipinski definition) is 0. The molecule has 0 amide bonds. The molecule has 0 aliphatic heterocycles. The topological polar surface area (TPSA) is 24.7 Å². The number of hydrogen-bond acceptors (Lipinski definition) is 2. The van der Waals surface area contributed by atoms with E-state index < -0.39 is 0 Å². The van der Waals surface area contributed by atoms with E-state index in [4.69, 9.17) is 9.98 Å². The zero-order chi connectivity index (χ0) is 24.8. The number of nitrogens with zero attached hydrogens (tertiary/aromatic N) is 2. The summed E-state index contributed by atoms with van der Waals surface area (Å²) in [7, 11) is 0. The first-order valence-electron chi connectivity index (χ1n) is 14.0. The number of unbranched alkanes of at least 4 members (excludes halogenated alkanes) is 1. The molecule has 0 bridgehead atoms. The van der Waals surface area contributed by atoms with Gasteiger partial charge in [0.05, 0.1) is 22.8 Å². The summed E-state index contributed by atoms with van der Waals surface area (Å²) in [6.45, 7) is 13.5. The Morgan fingerprint density at radius 3 is 1.21 bits per heavy atom. The van der Waals surface area contributed by atoms with Crippen LogP contribution in [0.15, 0.2) is 46.4 Å². The number of aliphatic imine (C=N–C) groups is 2. The van der Waals surface area contributed by atoms with Crippen LogP contribution in [0, 0.1) is 0 Å². The van der Waals surface area contributed by atoms with Crippen molar-refractivity contribution in [1.82, 2.24) is 0 Å². The Labute approximate surface area is 210 Å². The second-order valence-electron chi connectivity index (χ2n) is 9.59. The second-order valence-corrected chi connectivity index (χ2v) is 9.59. The fourth-order valence-corrected chi connectivity index (χ4v) is 4.62. The molecule has 0 aliphatic rings. The van der Waals surface area contributed by atoms with E-state index in [1.807, 2.05) is 0 Å². The van der Waals surface area contributed by atoms with E-state index in [2.05, 4.69) is 77.9 Å². The number of rotatable bonds is 15. The van der Waals surface area contributed by atoms with Crippen molar-refractivity contribution in [2.45, 2.75) is 119 Å². The summed E-state index contributed by atoms with van der Waals surface area (Å²) in [5, 5.41) is 0. The lowest BCUT2D eigenvalue weighted by Crippen LogP contribution is -2.13. The SMILES string of the molecule is CCCCC(=Nc1cc(CCC)cc(CCC)c1)C(CC)=Nc1cc(CCC)cc(CCC)c1. The molecule has 0 saturated heterocycles. The van der Waals surface area contributed by atoms with E-state index in [9.17, 15) is 0 Å². The van der Waals surface area contributed by atoms with Gasteiger partial charge in [0.15, 0.2) is 0 Å². The molecule has 0 fully saturated rings. The van der Waals surface area contributed by atoms with Gasteiger partial charge in [-0.3, -0.25) is 9.98 Å². The van der Waals surface area contributed by atoms with Crippen LogP contribution in [0.3, 0.4) is 0 Å². The molecule has 0 saturated carbocycles. The summed E-state index contributed by atoms with van der Waals surface area (Å²) in [5.74, 6) is 0. The average Bonchev–Trinajstić information content (AvgIpc) is 2.81. The molecular weight excluding hydrogens is 412 g/mol. The van der Waals surface area contributed by atoms with Crippen molar-refractivity contribution in [3.63, 3.8) is 0 Å². The van der Waals surface area contributed by atoms with Crippen LogP contribution in [0.5, 0.6) is 0 Å². The van der Waals surface area contributed by atoms with Gasteiger partial charge in [-0.15, -0.1) is 0 Å². The van der Waals surface area contributed by atoms with Crippen molar-refractivity contribution in [2.75, 3.05) is 0 Å². The Bertz CT molecular complexity index is 888. The van der Waals surface area contributed by atoms with Gasteiger partial charge in [-0.05, 0) is 91.5 Å². The Hall–Kier alpha value is -2.22. The first kappa shape index (κ1) is 28.0. The fraction of sp³-hybridized carbons (Fsp3) is 0.562. The molecule has 2 aromatic rings. The fourth-order valence-electron chi connectivity index (χ4n) is 4.62. The van der Waals surface area contributed by atoms with Crippen LogP contribution in [0.25, 0.3) is 0 Å². The lowest BCUT2D eigenvalue weighted by molar-refractivity contribution is 0.837. The zero-order valence-electron chi connectivity index (χ0n) is 22.8. The highest BCUT2D eigenvalue weighted by Crippen LogP contribution is 2.24. The molecule has 2 aromatic carbocycles. The maximum atomic E-state index is 5.25. The van der Waals surface area contributed by atoms with E-state index >= 15 is 0 Å². The van der Waals surface area contributed by atoms with E-state index in [0.29, 0.717) is 0 Å². The molecule has 34 heavy (non-hydrogen) atoms.